The Morgan fingerprint density at radius 3 is 2.18 bits per heavy atom. The molecule has 0 aliphatic carbocycles. The highest BCUT2D eigenvalue weighted by atomic mass is 79.9. The number of methoxy groups -OCH3 is 1. The van der Waals surface area contributed by atoms with Crippen LogP contribution in [0.4, 0.5) is 0 Å². The van der Waals surface area contributed by atoms with E-state index in [1.165, 1.54) is 7.11 Å². The third-order valence-corrected chi connectivity index (χ3v) is 5.69. The van der Waals surface area contributed by atoms with E-state index in [2.05, 4.69) is 26.6 Å². The van der Waals surface area contributed by atoms with Crippen LogP contribution in [-0.2, 0) is 20.7 Å². The quantitative estimate of drug-likeness (QED) is 0.373. The van der Waals surface area contributed by atoms with Crippen LogP contribution < -0.4 is 10.6 Å². The van der Waals surface area contributed by atoms with Gasteiger partial charge in [0.15, 0.2) is 6.10 Å². The zero-order valence-corrected chi connectivity index (χ0v) is 20.1. The molecule has 0 saturated carbocycles. The summed E-state index contributed by atoms with van der Waals surface area (Å²) in [4.78, 5) is 38.2. The minimum atomic E-state index is -1.66. The molecule has 0 bridgehead atoms. The molecular formula is C26H25BrN2O5. The number of aliphatic hydroxyl groups is 1. The lowest BCUT2D eigenvalue weighted by Crippen LogP contribution is -2.51. The number of amides is 2. The van der Waals surface area contributed by atoms with Crippen molar-refractivity contribution in [3.63, 3.8) is 0 Å². The molecule has 3 rings (SSSR count). The second-order valence-corrected chi connectivity index (χ2v) is 8.51. The van der Waals surface area contributed by atoms with Crippen molar-refractivity contribution in [2.75, 3.05) is 7.11 Å². The molecule has 0 fully saturated rings. The Labute approximate surface area is 206 Å². The molecular weight excluding hydrogens is 500 g/mol. The van der Waals surface area contributed by atoms with Gasteiger partial charge in [-0.15, -0.1) is 0 Å². The van der Waals surface area contributed by atoms with Crippen LogP contribution in [0.1, 0.15) is 27.5 Å². The number of carbonyl (C=O) groups is 3. The van der Waals surface area contributed by atoms with E-state index in [0.29, 0.717) is 11.1 Å². The van der Waals surface area contributed by atoms with Crippen LogP contribution in [0, 0.1) is 0 Å². The van der Waals surface area contributed by atoms with Crippen molar-refractivity contribution >= 4 is 33.7 Å². The standard InChI is InChI=1S/C26H25BrN2O5/c1-34-26(33)21(16-17-9-8-14-20(27)15-17)28-25(32)23(30)22(18-10-4-2-5-11-18)29-24(31)19-12-6-3-7-13-19/h2-15,21-23,30H,16H2,1H3,(H,28,32)(H,29,31)/t21-,22+,23-/m1/s1. The average molecular weight is 525 g/mol. The van der Waals surface area contributed by atoms with Gasteiger partial charge in [0.2, 0.25) is 0 Å². The van der Waals surface area contributed by atoms with E-state index in [4.69, 9.17) is 4.74 Å². The monoisotopic (exact) mass is 524 g/mol. The Bertz CT molecular complexity index is 1120. The Balaban J connectivity index is 1.81. The number of nitrogens with one attached hydrogen (secondary N) is 2. The van der Waals surface area contributed by atoms with E-state index in [9.17, 15) is 19.5 Å². The van der Waals surface area contributed by atoms with Gasteiger partial charge in [-0.25, -0.2) is 4.79 Å². The van der Waals surface area contributed by atoms with Gasteiger partial charge in [0.25, 0.3) is 11.8 Å². The summed E-state index contributed by atoms with van der Waals surface area (Å²) in [5, 5.41) is 16.3. The highest BCUT2D eigenvalue weighted by molar-refractivity contribution is 9.10. The van der Waals surface area contributed by atoms with E-state index < -0.39 is 36.0 Å². The minimum Gasteiger partial charge on any atom is -0.467 e. The maximum absolute atomic E-state index is 13.0. The molecule has 3 atom stereocenters. The van der Waals surface area contributed by atoms with Gasteiger partial charge in [-0.1, -0.05) is 76.6 Å². The van der Waals surface area contributed by atoms with Crippen molar-refractivity contribution in [2.45, 2.75) is 24.6 Å². The first-order valence-corrected chi connectivity index (χ1v) is 11.4. The number of esters is 1. The number of carbonyl (C=O) groups excluding carboxylic acids is 3. The molecule has 0 heterocycles. The fourth-order valence-corrected chi connectivity index (χ4v) is 3.91. The summed E-state index contributed by atoms with van der Waals surface area (Å²) in [6, 6.07) is 22.4. The van der Waals surface area contributed by atoms with E-state index >= 15 is 0 Å². The van der Waals surface area contributed by atoms with Crippen LogP contribution in [0.3, 0.4) is 0 Å². The van der Waals surface area contributed by atoms with Crippen molar-refractivity contribution in [3.05, 3.63) is 106 Å². The van der Waals surface area contributed by atoms with Crippen LogP contribution >= 0.6 is 15.9 Å². The molecule has 34 heavy (non-hydrogen) atoms. The Hall–Kier alpha value is -3.49. The fourth-order valence-electron chi connectivity index (χ4n) is 3.46. The van der Waals surface area contributed by atoms with E-state index in [1.807, 2.05) is 24.3 Å². The highest BCUT2D eigenvalue weighted by Gasteiger charge is 2.32. The second-order valence-electron chi connectivity index (χ2n) is 7.59. The first-order valence-electron chi connectivity index (χ1n) is 10.6. The van der Waals surface area contributed by atoms with Gasteiger partial charge >= 0.3 is 5.97 Å². The van der Waals surface area contributed by atoms with Crippen molar-refractivity contribution in [1.29, 1.82) is 0 Å². The molecule has 3 aromatic carbocycles. The molecule has 7 nitrogen and oxygen atoms in total. The lowest BCUT2D eigenvalue weighted by Gasteiger charge is -2.26. The fraction of sp³-hybridized carbons (Fsp3) is 0.192. The van der Waals surface area contributed by atoms with Crippen LogP contribution in [-0.4, -0.2) is 42.1 Å². The molecule has 3 aromatic rings. The molecule has 0 saturated heterocycles. The minimum absolute atomic E-state index is 0.164. The average Bonchev–Trinajstić information content (AvgIpc) is 2.86. The van der Waals surface area contributed by atoms with Crippen LogP contribution in [0.2, 0.25) is 0 Å². The predicted molar refractivity (Wildman–Crippen MR) is 131 cm³/mol. The zero-order valence-electron chi connectivity index (χ0n) is 18.5. The molecule has 0 aliphatic heterocycles. The maximum Gasteiger partial charge on any atom is 0.328 e. The predicted octanol–water partition coefficient (Wildman–Crippen LogP) is 3.18. The van der Waals surface area contributed by atoms with Crippen molar-refractivity contribution in [2.24, 2.45) is 0 Å². The summed E-state index contributed by atoms with van der Waals surface area (Å²) < 4.78 is 5.67. The van der Waals surface area contributed by atoms with Crippen molar-refractivity contribution in [1.82, 2.24) is 10.6 Å². The van der Waals surface area contributed by atoms with Gasteiger partial charge in [-0.3, -0.25) is 9.59 Å². The van der Waals surface area contributed by atoms with Crippen molar-refractivity contribution in [3.8, 4) is 0 Å². The van der Waals surface area contributed by atoms with Gasteiger partial charge in [-0.05, 0) is 35.4 Å². The SMILES string of the molecule is COC(=O)[C@@H](Cc1cccc(Br)c1)NC(=O)[C@H](O)[C@@H](NC(=O)c1ccccc1)c1ccccc1. The van der Waals surface area contributed by atoms with Gasteiger partial charge in [0, 0.05) is 16.5 Å². The number of hydrogen-bond acceptors (Lipinski definition) is 5. The van der Waals surface area contributed by atoms with Crippen molar-refractivity contribution < 1.29 is 24.2 Å². The molecule has 2 amide bonds. The highest BCUT2D eigenvalue weighted by Crippen LogP contribution is 2.19. The first-order chi connectivity index (χ1) is 16.4. The molecule has 0 aromatic heterocycles. The van der Waals surface area contributed by atoms with Crippen LogP contribution in [0.15, 0.2) is 89.4 Å². The number of hydrogen-bond donors (Lipinski definition) is 3. The molecule has 176 valence electrons. The van der Waals surface area contributed by atoms with Crippen LogP contribution in [0.25, 0.3) is 0 Å². The molecule has 8 heteroatoms. The summed E-state index contributed by atoms with van der Waals surface area (Å²) in [6.07, 6.45) is -1.50. The number of aliphatic hydroxyl groups excluding tert-OH is 1. The molecule has 3 N–H and O–H groups in total. The topological polar surface area (TPSA) is 105 Å². The van der Waals surface area contributed by atoms with Gasteiger partial charge in [0.05, 0.1) is 13.2 Å². The maximum atomic E-state index is 13.0. The molecule has 0 aliphatic rings. The second kappa shape index (κ2) is 12.1. The molecule has 0 radical (unpaired) electrons. The summed E-state index contributed by atoms with van der Waals surface area (Å²) in [5.74, 6) is -1.90. The first kappa shape index (κ1) is 25.1. The number of rotatable bonds is 9. The number of ether oxygens (including phenoxy) is 1. The van der Waals surface area contributed by atoms with E-state index in [0.717, 1.165) is 10.0 Å². The Morgan fingerprint density at radius 2 is 1.56 bits per heavy atom. The Kier molecular flexibility index (Phi) is 8.95. The lowest BCUT2D eigenvalue weighted by molar-refractivity contribution is -0.146. The Morgan fingerprint density at radius 1 is 0.912 bits per heavy atom. The van der Waals surface area contributed by atoms with Crippen LogP contribution in [0.5, 0.6) is 0 Å². The molecule has 0 spiro atoms. The molecule has 0 unspecified atom stereocenters. The smallest absolute Gasteiger partial charge is 0.328 e. The van der Waals surface area contributed by atoms with E-state index in [-0.39, 0.29) is 6.42 Å². The van der Waals surface area contributed by atoms with Gasteiger partial charge in [-0.2, -0.15) is 0 Å². The normalized spacial score (nSPS) is 13.3. The summed E-state index contributed by atoms with van der Waals surface area (Å²) in [6.45, 7) is 0. The zero-order chi connectivity index (χ0) is 24.5. The van der Waals surface area contributed by atoms with Gasteiger partial charge in [0.1, 0.15) is 6.04 Å². The van der Waals surface area contributed by atoms with Gasteiger partial charge < -0.3 is 20.5 Å². The summed E-state index contributed by atoms with van der Waals surface area (Å²) in [7, 11) is 1.23. The number of benzene rings is 3. The third kappa shape index (κ3) is 6.76. The third-order valence-electron chi connectivity index (χ3n) is 5.20. The summed E-state index contributed by atoms with van der Waals surface area (Å²) in [5.41, 5.74) is 1.71. The lowest BCUT2D eigenvalue weighted by atomic mass is 9.99. The number of halogens is 1. The van der Waals surface area contributed by atoms with E-state index in [1.54, 1.807) is 60.7 Å². The summed E-state index contributed by atoms with van der Waals surface area (Å²) >= 11 is 3.38. The largest absolute Gasteiger partial charge is 0.467 e.